The first kappa shape index (κ1) is 14.6. The fraction of sp³-hybridized carbons (Fsp3) is 0.462. The van der Waals surface area contributed by atoms with Crippen molar-refractivity contribution in [1.82, 2.24) is 5.32 Å². The van der Waals surface area contributed by atoms with Crippen molar-refractivity contribution < 1.29 is 18.7 Å². The number of nitrogens with one attached hydrogen (secondary N) is 1. The minimum Gasteiger partial charge on any atom is -0.396 e. The molecule has 1 aromatic rings. The van der Waals surface area contributed by atoms with Crippen molar-refractivity contribution in [3.05, 3.63) is 35.4 Å². The lowest BCUT2D eigenvalue weighted by Crippen LogP contribution is -2.34. The summed E-state index contributed by atoms with van der Waals surface area (Å²) in [5.74, 6) is -2.09. The van der Waals surface area contributed by atoms with Crippen molar-refractivity contribution in [2.75, 3.05) is 13.2 Å². The van der Waals surface area contributed by atoms with Gasteiger partial charge in [0.05, 0.1) is 0 Å². The van der Waals surface area contributed by atoms with Gasteiger partial charge in [-0.2, -0.15) is 0 Å². The molecule has 0 aliphatic carbocycles. The van der Waals surface area contributed by atoms with Crippen LogP contribution in [0.15, 0.2) is 18.2 Å². The number of amides is 1. The highest BCUT2D eigenvalue weighted by Gasteiger charge is 2.19. The Morgan fingerprint density at radius 1 is 1.28 bits per heavy atom. The van der Waals surface area contributed by atoms with E-state index in [1.165, 1.54) is 0 Å². The highest BCUT2D eigenvalue weighted by Crippen LogP contribution is 2.18. The van der Waals surface area contributed by atoms with Gasteiger partial charge in [-0.3, -0.25) is 4.79 Å². The molecular formula is C13H17F2NO2. The summed E-state index contributed by atoms with van der Waals surface area (Å²) in [7, 11) is 0. The molecular weight excluding hydrogens is 240 g/mol. The highest BCUT2D eigenvalue weighted by atomic mass is 19.1. The maximum absolute atomic E-state index is 12.9. The van der Waals surface area contributed by atoms with Crippen LogP contribution < -0.4 is 5.32 Å². The number of aliphatic hydroxyl groups excluding tert-OH is 1. The first-order valence-electron chi connectivity index (χ1n) is 5.69. The molecule has 5 heteroatoms. The summed E-state index contributed by atoms with van der Waals surface area (Å²) >= 11 is 0. The van der Waals surface area contributed by atoms with Gasteiger partial charge in [0, 0.05) is 24.8 Å². The average Bonchev–Trinajstić information content (AvgIpc) is 2.24. The number of hydrogen-bond donors (Lipinski definition) is 2. The summed E-state index contributed by atoms with van der Waals surface area (Å²) in [6.07, 6.45) is 0.533. The third-order valence-corrected chi connectivity index (χ3v) is 2.64. The fourth-order valence-electron chi connectivity index (χ4n) is 1.50. The quantitative estimate of drug-likeness (QED) is 0.848. The Morgan fingerprint density at radius 3 is 2.33 bits per heavy atom. The van der Waals surface area contributed by atoms with Crippen LogP contribution in [0.5, 0.6) is 0 Å². The van der Waals surface area contributed by atoms with E-state index in [1.807, 2.05) is 13.8 Å². The van der Waals surface area contributed by atoms with Crippen LogP contribution in [0.4, 0.5) is 8.78 Å². The van der Waals surface area contributed by atoms with E-state index in [-0.39, 0.29) is 17.6 Å². The van der Waals surface area contributed by atoms with Crippen molar-refractivity contribution in [3.63, 3.8) is 0 Å². The van der Waals surface area contributed by atoms with E-state index in [4.69, 9.17) is 5.11 Å². The monoisotopic (exact) mass is 257 g/mol. The Morgan fingerprint density at radius 2 is 1.83 bits per heavy atom. The smallest absolute Gasteiger partial charge is 0.251 e. The Bertz CT molecular complexity index is 413. The molecule has 1 amide bonds. The van der Waals surface area contributed by atoms with E-state index < -0.39 is 17.5 Å². The molecule has 0 unspecified atom stereocenters. The largest absolute Gasteiger partial charge is 0.396 e. The molecule has 0 radical (unpaired) electrons. The normalized spacial score (nSPS) is 11.4. The summed E-state index contributed by atoms with van der Waals surface area (Å²) in [6, 6.07) is 2.68. The van der Waals surface area contributed by atoms with Gasteiger partial charge in [0.15, 0.2) is 0 Å². The summed E-state index contributed by atoms with van der Waals surface area (Å²) in [4.78, 5) is 11.7. The van der Waals surface area contributed by atoms with Crippen LogP contribution in [0, 0.1) is 17.0 Å². The lowest BCUT2D eigenvalue weighted by atomic mass is 9.89. The number of carbonyl (C=O) groups is 1. The standard InChI is InChI=1S/C13H17F2NO2/c1-13(2,3-4-17)8-16-12(18)9-5-10(14)7-11(15)6-9/h5-7,17H,3-4,8H2,1-2H3,(H,16,18). The van der Waals surface area contributed by atoms with Crippen LogP contribution in [0.2, 0.25) is 0 Å². The molecule has 0 bridgehead atoms. The lowest BCUT2D eigenvalue weighted by Gasteiger charge is -2.23. The fourth-order valence-corrected chi connectivity index (χ4v) is 1.50. The van der Waals surface area contributed by atoms with Gasteiger partial charge in [0.25, 0.3) is 5.91 Å². The zero-order chi connectivity index (χ0) is 13.8. The van der Waals surface area contributed by atoms with Crippen molar-refractivity contribution in [2.24, 2.45) is 5.41 Å². The van der Waals surface area contributed by atoms with Crippen LogP contribution in [0.1, 0.15) is 30.6 Å². The molecule has 0 heterocycles. The molecule has 18 heavy (non-hydrogen) atoms. The molecule has 0 spiro atoms. The third kappa shape index (κ3) is 4.41. The number of carbonyl (C=O) groups excluding carboxylic acids is 1. The molecule has 1 rings (SSSR count). The number of hydrogen-bond acceptors (Lipinski definition) is 2. The molecule has 0 fully saturated rings. The highest BCUT2D eigenvalue weighted by molar-refractivity contribution is 5.94. The molecule has 2 N–H and O–H groups in total. The van der Waals surface area contributed by atoms with E-state index >= 15 is 0 Å². The van der Waals surface area contributed by atoms with Gasteiger partial charge in [0.2, 0.25) is 0 Å². The van der Waals surface area contributed by atoms with Crippen LogP contribution in [0.25, 0.3) is 0 Å². The van der Waals surface area contributed by atoms with Crippen molar-refractivity contribution in [3.8, 4) is 0 Å². The van der Waals surface area contributed by atoms with Crippen molar-refractivity contribution in [2.45, 2.75) is 20.3 Å². The predicted octanol–water partition coefficient (Wildman–Crippen LogP) is 2.10. The molecule has 0 aliphatic rings. The zero-order valence-electron chi connectivity index (χ0n) is 10.5. The zero-order valence-corrected chi connectivity index (χ0v) is 10.5. The molecule has 1 aromatic carbocycles. The molecule has 3 nitrogen and oxygen atoms in total. The lowest BCUT2D eigenvalue weighted by molar-refractivity contribution is 0.0927. The Hall–Kier alpha value is -1.49. The number of benzene rings is 1. The second-order valence-electron chi connectivity index (χ2n) is 4.98. The molecule has 0 aliphatic heterocycles. The molecule has 0 aromatic heterocycles. The number of aliphatic hydroxyl groups is 1. The number of halogens is 2. The Balaban J connectivity index is 2.66. The van der Waals surface area contributed by atoms with E-state index in [9.17, 15) is 13.6 Å². The van der Waals surface area contributed by atoms with Crippen molar-refractivity contribution >= 4 is 5.91 Å². The summed E-state index contributed by atoms with van der Waals surface area (Å²) in [6.45, 7) is 4.12. The summed E-state index contributed by atoms with van der Waals surface area (Å²) in [5.41, 5.74) is -0.316. The van der Waals surface area contributed by atoms with Crippen molar-refractivity contribution in [1.29, 1.82) is 0 Å². The van der Waals surface area contributed by atoms with Gasteiger partial charge in [-0.1, -0.05) is 13.8 Å². The maximum Gasteiger partial charge on any atom is 0.251 e. The van der Waals surface area contributed by atoms with Gasteiger partial charge in [0.1, 0.15) is 11.6 Å². The Kier molecular flexibility index (Phi) is 4.78. The van der Waals surface area contributed by atoms with Gasteiger partial charge in [-0.05, 0) is 24.0 Å². The molecule has 0 saturated carbocycles. The first-order valence-corrected chi connectivity index (χ1v) is 5.69. The maximum atomic E-state index is 12.9. The topological polar surface area (TPSA) is 49.3 Å². The first-order chi connectivity index (χ1) is 8.34. The second-order valence-corrected chi connectivity index (χ2v) is 4.98. The third-order valence-electron chi connectivity index (χ3n) is 2.64. The average molecular weight is 257 g/mol. The minimum atomic E-state index is -0.783. The van der Waals surface area contributed by atoms with E-state index in [0.29, 0.717) is 19.0 Å². The van der Waals surface area contributed by atoms with E-state index in [0.717, 1.165) is 12.1 Å². The van der Waals surface area contributed by atoms with Crippen LogP contribution in [-0.2, 0) is 0 Å². The van der Waals surface area contributed by atoms with Gasteiger partial charge < -0.3 is 10.4 Å². The number of rotatable bonds is 5. The van der Waals surface area contributed by atoms with Gasteiger partial charge >= 0.3 is 0 Å². The van der Waals surface area contributed by atoms with Crippen LogP contribution >= 0.6 is 0 Å². The van der Waals surface area contributed by atoms with E-state index in [1.54, 1.807) is 0 Å². The van der Waals surface area contributed by atoms with Gasteiger partial charge in [-0.15, -0.1) is 0 Å². The van der Waals surface area contributed by atoms with Gasteiger partial charge in [-0.25, -0.2) is 8.78 Å². The SMILES string of the molecule is CC(C)(CCO)CNC(=O)c1cc(F)cc(F)c1. The molecule has 0 saturated heterocycles. The molecule has 0 atom stereocenters. The molecule has 100 valence electrons. The summed E-state index contributed by atoms with van der Waals surface area (Å²) < 4.78 is 25.9. The predicted molar refractivity (Wildman–Crippen MR) is 64.2 cm³/mol. The van der Waals surface area contributed by atoms with Crippen LogP contribution in [0.3, 0.4) is 0 Å². The van der Waals surface area contributed by atoms with Crippen LogP contribution in [-0.4, -0.2) is 24.2 Å². The minimum absolute atomic E-state index is 0.0253. The van der Waals surface area contributed by atoms with E-state index in [2.05, 4.69) is 5.32 Å². The second kappa shape index (κ2) is 5.91. The Labute approximate surface area is 105 Å². The summed E-state index contributed by atoms with van der Waals surface area (Å²) in [5, 5.41) is 11.4.